The van der Waals surface area contributed by atoms with Gasteiger partial charge in [0.15, 0.2) is 0 Å². The van der Waals surface area contributed by atoms with Crippen molar-refractivity contribution >= 4 is 28.1 Å². The normalized spacial score (nSPS) is 15.1. The number of hydrogen-bond donors (Lipinski definition) is 1. The van der Waals surface area contributed by atoms with Crippen LogP contribution in [0.1, 0.15) is 48.6 Å². The highest BCUT2D eigenvalue weighted by molar-refractivity contribution is 7.16. The van der Waals surface area contributed by atoms with Crippen molar-refractivity contribution in [2.24, 2.45) is 5.73 Å². The molecule has 0 saturated heterocycles. The van der Waals surface area contributed by atoms with Gasteiger partial charge in [-0.15, -0.1) is 11.3 Å². The standard InChI is InChI=1S/C17H24F3N3OS/c1-4-5-8-23-15-14(11(2)13(10-21)25-15)12(3)22(16(23)24)9-6-7-17(18,19)20/h3-10,21H2,1-2H3. The predicted octanol–water partition coefficient (Wildman–Crippen LogP) is 4.87. The maximum Gasteiger partial charge on any atom is 0.389 e. The lowest BCUT2D eigenvalue weighted by atomic mass is 10.1. The molecule has 0 spiro atoms. The number of carbonyl (C=O) groups excluding carboxylic acids is 1. The lowest BCUT2D eigenvalue weighted by Crippen LogP contribution is -2.46. The molecule has 2 N–H and O–H groups in total. The van der Waals surface area contributed by atoms with E-state index in [1.165, 1.54) is 16.2 Å². The van der Waals surface area contributed by atoms with Crippen LogP contribution in [-0.2, 0) is 6.54 Å². The van der Waals surface area contributed by atoms with Gasteiger partial charge in [-0.3, -0.25) is 9.80 Å². The first-order valence-corrected chi connectivity index (χ1v) is 9.20. The van der Waals surface area contributed by atoms with Gasteiger partial charge in [0.05, 0.1) is 0 Å². The second kappa shape index (κ2) is 7.78. The fraction of sp³-hybridized carbons (Fsp3) is 0.588. The third kappa shape index (κ3) is 4.17. The number of nitrogens with two attached hydrogens (primary N) is 1. The first kappa shape index (κ1) is 19.8. The molecule has 2 heterocycles. The lowest BCUT2D eigenvalue weighted by Gasteiger charge is -2.37. The molecule has 140 valence electrons. The maximum absolute atomic E-state index is 12.9. The number of anilines is 1. The van der Waals surface area contributed by atoms with E-state index in [9.17, 15) is 18.0 Å². The van der Waals surface area contributed by atoms with Crippen LogP contribution < -0.4 is 10.6 Å². The number of alkyl halides is 3. The summed E-state index contributed by atoms with van der Waals surface area (Å²) in [5.74, 6) is 0. The molecule has 0 radical (unpaired) electrons. The molecule has 4 nitrogen and oxygen atoms in total. The Morgan fingerprint density at radius 1 is 1.20 bits per heavy atom. The van der Waals surface area contributed by atoms with E-state index in [1.807, 2.05) is 13.8 Å². The zero-order valence-electron chi connectivity index (χ0n) is 14.6. The molecule has 0 bridgehead atoms. The molecule has 1 aliphatic rings. The van der Waals surface area contributed by atoms with E-state index in [4.69, 9.17) is 5.73 Å². The van der Waals surface area contributed by atoms with Crippen molar-refractivity contribution in [3.05, 3.63) is 22.6 Å². The van der Waals surface area contributed by atoms with E-state index < -0.39 is 12.6 Å². The van der Waals surface area contributed by atoms with Gasteiger partial charge in [0.2, 0.25) is 0 Å². The Morgan fingerprint density at radius 3 is 2.40 bits per heavy atom. The van der Waals surface area contributed by atoms with E-state index in [2.05, 4.69) is 6.58 Å². The van der Waals surface area contributed by atoms with Crippen molar-refractivity contribution in [3.63, 3.8) is 0 Å². The fourth-order valence-electron chi connectivity index (χ4n) is 2.93. The molecular weight excluding hydrogens is 351 g/mol. The first-order chi connectivity index (χ1) is 11.7. The van der Waals surface area contributed by atoms with Crippen LogP contribution in [0.4, 0.5) is 23.0 Å². The third-order valence-electron chi connectivity index (χ3n) is 4.31. The van der Waals surface area contributed by atoms with Crippen LogP contribution in [0.2, 0.25) is 0 Å². The Labute approximate surface area is 150 Å². The van der Waals surface area contributed by atoms with Gasteiger partial charge in [-0.05, 0) is 25.3 Å². The van der Waals surface area contributed by atoms with Gasteiger partial charge < -0.3 is 5.73 Å². The summed E-state index contributed by atoms with van der Waals surface area (Å²) in [5.41, 5.74) is 8.07. The fourth-order valence-corrected chi connectivity index (χ4v) is 4.16. The minimum absolute atomic E-state index is 0.00644. The van der Waals surface area contributed by atoms with Gasteiger partial charge in [-0.2, -0.15) is 13.2 Å². The van der Waals surface area contributed by atoms with Crippen LogP contribution in [0, 0.1) is 6.92 Å². The average Bonchev–Trinajstić information content (AvgIpc) is 2.86. The SMILES string of the molecule is C=C1c2c(sc(CN)c2C)N(CCCC)C(=O)N1CCCC(F)(F)F. The first-order valence-electron chi connectivity index (χ1n) is 8.38. The summed E-state index contributed by atoms with van der Waals surface area (Å²) < 4.78 is 37.4. The summed E-state index contributed by atoms with van der Waals surface area (Å²) in [6.45, 7) is 8.84. The number of urea groups is 1. The van der Waals surface area contributed by atoms with E-state index in [1.54, 1.807) is 4.90 Å². The summed E-state index contributed by atoms with van der Waals surface area (Å²) in [7, 11) is 0. The monoisotopic (exact) mass is 375 g/mol. The minimum atomic E-state index is -4.22. The van der Waals surface area contributed by atoms with Gasteiger partial charge in [0, 0.05) is 42.2 Å². The van der Waals surface area contributed by atoms with Crippen molar-refractivity contribution in [1.82, 2.24) is 4.90 Å². The van der Waals surface area contributed by atoms with Crippen LogP contribution in [0.25, 0.3) is 5.70 Å². The Balaban J connectivity index is 2.32. The molecule has 2 rings (SSSR count). The van der Waals surface area contributed by atoms with E-state index in [0.29, 0.717) is 18.8 Å². The topological polar surface area (TPSA) is 49.6 Å². The van der Waals surface area contributed by atoms with E-state index in [-0.39, 0.29) is 19.0 Å². The third-order valence-corrected chi connectivity index (χ3v) is 5.65. The van der Waals surface area contributed by atoms with Crippen LogP contribution in [-0.4, -0.2) is 30.2 Å². The number of halogens is 3. The quantitative estimate of drug-likeness (QED) is 0.739. The van der Waals surface area contributed by atoms with E-state index in [0.717, 1.165) is 33.8 Å². The van der Waals surface area contributed by atoms with Gasteiger partial charge in [0.1, 0.15) is 5.00 Å². The molecule has 0 aliphatic carbocycles. The van der Waals surface area contributed by atoms with Crippen molar-refractivity contribution in [3.8, 4) is 0 Å². The lowest BCUT2D eigenvalue weighted by molar-refractivity contribution is -0.135. The van der Waals surface area contributed by atoms with Gasteiger partial charge in [-0.1, -0.05) is 19.9 Å². The number of thiophene rings is 1. The molecule has 1 aromatic heterocycles. The Kier molecular flexibility index (Phi) is 6.16. The maximum atomic E-state index is 12.9. The van der Waals surface area contributed by atoms with Crippen molar-refractivity contribution in [1.29, 1.82) is 0 Å². The summed E-state index contributed by atoms with van der Waals surface area (Å²) in [5, 5.41) is 0.813. The van der Waals surface area contributed by atoms with Crippen LogP contribution in [0.15, 0.2) is 6.58 Å². The van der Waals surface area contributed by atoms with Crippen LogP contribution >= 0.6 is 11.3 Å². The highest BCUT2D eigenvalue weighted by Gasteiger charge is 2.37. The molecule has 8 heteroatoms. The van der Waals surface area contributed by atoms with Crippen molar-refractivity contribution in [2.75, 3.05) is 18.0 Å². The molecule has 0 unspecified atom stereocenters. The van der Waals surface area contributed by atoms with Gasteiger partial charge in [-0.25, -0.2) is 4.79 Å². The average molecular weight is 375 g/mol. The molecular formula is C17H24F3N3OS. The Bertz CT molecular complexity index is 654. The Hall–Kier alpha value is -1.54. The molecule has 0 aromatic carbocycles. The van der Waals surface area contributed by atoms with E-state index >= 15 is 0 Å². The molecule has 0 saturated carbocycles. The molecule has 0 atom stereocenters. The minimum Gasteiger partial charge on any atom is -0.326 e. The number of rotatable bonds is 7. The largest absolute Gasteiger partial charge is 0.389 e. The molecule has 1 aromatic rings. The highest BCUT2D eigenvalue weighted by atomic mass is 32.1. The van der Waals surface area contributed by atoms with Gasteiger partial charge >= 0.3 is 12.2 Å². The van der Waals surface area contributed by atoms with Gasteiger partial charge in [0.25, 0.3) is 0 Å². The second-order valence-electron chi connectivity index (χ2n) is 6.14. The summed E-state index contributed by atoms with van der Waals surface area (Å²) in [4.78, 5) is 16.9. The molecule has 2 amide bonds. The zero-order chi connectivity index (χ0) is 18.8. The zero-order valence-corrected chi connectivity index (χ0v) is 15.4. The number of nitrogens with zero attached hydrogens (tertiary/aromatic N) is 2. The highest BCUT2D eigenvalue weighted by Crippen LogP contribution is 2.44. The predicted molar refractivity (Wildman–Crippen MR) is 95.6 cm³/mol. The van der Waals surface area contributed by atoms with Crippen LogP contribution in [0.3, 0.4) is 0 Å². The Morgan fingerprint density at radius 2 is 1.84 bits per heavy atom. The van der Waals surface area contributed by atoms with Crippen LogP contribution in [0.5, 0.6) is 0 Å². The smallest absolute Gasteiger partial charge is 0.326 e. The van der Waals surface area contributed by atoms with Crippen molar-refractivity contribution in [2.45, 2.75) is 52.3 Å². The molecule has 0 fully saturated rings. The number of fused-ring (bicyclic) bond motifs is 1. The summed E-state index contributed by atoms with van der Waals surface area (Å²) >= 11 is 1.47. The molecule has 25 heavy (non-hydrogen) atoms. The number of carbonyl (C=O) groups is 1. The summed E-state index contributed by atoms with van der Waals surface area (Å²) in [6, 6.07) is -0.294. The number of amides is 2. The molecule has 1 aliphatic heterocycles. The second-order valence-corrected chi connectivity index (χ2v) is 7.22. The summed E-state index contributed by atoms with van der Waals surface area (Å²) in [6.07, 6.45) is -3.54. The van der Waals surface area contributed by atoms with Crippen molar-refractivity contribution < 1.29 is 18.0 Å². The number of unbranched alkanes of at least 4 members (excludes halogenated alkanes) is 1. The number of hydrogen-bond acceptors (Lipinski definition) is 3.